The first-order valence-electron chi connectivity index (χ1n) is 13.3. The predicted molar refractivity (Wildman–Crippen MR) is 138 cm³/mol. The van der Waals surface area contributed by atoms with Crippen molar-refractivity contribution in [2.24, 2.45) is 28.6 Å². The van der Waals surface area contributed by atoms with Gasteiger partial charge >= 0.3 is 5.97 Å². The summed E-state index contributed by atoms with van der Waals surface area (Å²) in [4.78, 5) is 37.4. The standard InChI is InChI=1S/C28H43BrO6/c1-5-20-21-11-13-28(34,23(32)17-35-24(33)9-7-6-8-14-29)27(21,4)16-22(31)25(20)26(3)12-10-19(30)15-18(26)2/h15,20-22,25,31,34H,5-14,16-17H2,1-4H3. The second kappa shape index (κ2) is 11.1. The second-order valence-electron chi connectivity index (χ2n) is 11.6. The van der Waals surface area contributed by atoms with Gasteiger partial charge in [0.25, 0.3) is 0 Å². The molecule has 0 aromatic rings. The van der Waals surface area contributed by atoms with Crippen molar-refractivity contribution >= 4 is 33.5 Å². The zero-order chi connectivity index (χ0) is 26.0. The molecule has 35 heavy (non-hydrogen) atoms. The summed E-state index contributed by atoms with van der Waals surface area (Å²) in [5, 5.41) is 24.2. The highest BCUT2D eigenvalue weighted by atomic mass is 79.9. The number of ether oxygens (including phenoxy) is 1. The number of ketones is 2. The number of carbonyl (C=O) groups excluding carboxylic acids is 3. The van der Waals surface area contributed by atoms with Crippen molar-refractivity contribution in [3.05, 3.63) is 11.6 Å². The third kappa shape index (κ3) is 5.19. The summed E-state index contributed by atoms with van der Waals surface area (Å²) >= 11 is 3.37. The molecule has 0 saturated heterocycles. The molecule has 7 unspecified atom stereocenters. The number of allylic oxidation sites excluding steroid dienone is 2. The molecule has 2 saturated carbocycles. The van der Waals surface area contributed by atoms with Crippen LogP contribution in [0.15, 0.2) is 11.6 Å². The number of rotatable bonds is 10. The number of unbranched alkanes of at least 4 members (excludes halogenated alkanes) is 2. The normalized spacial score (nSPS) is 39.2. The molecule has 0 bridgehead atoms. The van der Waals surface area contributed by atoms with Crippen molar-refractivity contribution in [2.75, 3.05) is 11.9 Å². The number of alkyl halides is 1. The number of hydrogen-bond acceptors (Lipinski definition) is 6. The van der Waals surface area contributed by atoms with Crippen LogP contribution in [0.5, 0.6) is 0 Å². The van der Waals surface area contributed by atoms with Crippen molar-refractivity contribution in [3.63, 3.8) is 0 Å². The van der Waals surface area contributed by atoms with E-state index >= 15 is 0 Å². The lowest BCUT2D eigenvalue weighted by Gasteiger charge is -2.57. The quantitative estimate of drug-likeness (QED) is 0.225. The highest BCUT2D eigenvalue weighted by Crippen LogP contribution is 2.65. The number of fused-ring (bicyclic) bond motifs is 1. The average Bonchev–Trinajstić information content (AvgIpc) is 3.08. The van der Waals surface area contributed by atoms with Crippen molar-refractivity contribution in [1.29, 1.82) is 0 Å². The number of aliphatic hydroxyl groups is 2. The Balaban J connectivity index is 1.76. The molecule has 7 atom stereocenters. The topological polar surface area (TPSA) is 101 Å². The van der Waals surface area contributed by atoms with E-state index in [9.17, 15) is 24.6 Å². The van der Waals surface area contributed by atoms with Gasteiger partial charge in [-0.1, -0.05) is 55.1 Å². The molecule has 7 heteroatoms. The summed E-state index contributed by atoms with van der Waals surface area (Å²) in [5.41, 5.74) is -1.68. The van der Waals surface area contributed by atoms with Gasteiger partial charge in [-0.2, -0.15) is 0 Å². The van der Waals surface area contributed by atoms with Gasteiger partial charge < -0.3 is 14.9 Å². The molecule has 0 heterocycles. The van der Waals surface area contributed by atoms with Gasteiger partial charge in [0.1, 0.15) is 5.60 Å². The van der Waals surface area contributed by atoms with Crippen LogP contribution in [0, 0.1) is 28.6 Å². The Hall–Kier alpha value is -1.05. The van der Waals surface area contributed by atoms with Crippen LogP contribution in [-0.2, 0) is 19.1 Å². The highest BCUT2D eigenvalue weighted by molar-refractivity contribution is 9.09. The van der Waals surface area contributed by atoms with Crippen molar-refractivity contribution < 1.29 is 29.3 Å². The molecule has 0 aliphatic heterocycles. The Bertz CT molecular complexity index is 854. The van der Waals surface area contributed by atoms with E-state index < -0.39 is 35.5 Å². The van der Waals surface area contributed by atoms with E-state index in [4.69, 9.17) is 4.74 Å². The number of halogens is 1. The fourth-order valence-electron chi connectivity index (χ4n) is 7.64. The minimum absolute atomic E-state index is 0.0373. The molecule has 3 rings (SSSR count). The van der Waals surface area contributed by atoms with Gasteiger partial charge in [-0.3, -0.25) is 14.4 Å². The van der Waals surface area contributed by atoms with Crippen LogP contribution < -0.4 is 0 Å². The maximum atomic E-state index is 13.3. The van der Waals surface area contributed by atoms with Crippen LogP contribution in [0.25, 0.3) is 0 Å². The molecule has 0 aromatic carbocycles. The molecule has 0 aromatic heterocycles. The van der Waals surface area contributed by atoms with Crippen molar-refractivity contribution in [2.45, 2.75) is 104 Å². The third-order valence-electron chi connectivity index (χ3n) is 9.82. The number of carbonyl (C=O) groups is 3. The number of Topliss-reactive ketones (excluding diaryl/α,β-unsaturated/α-hetero) is 1. The highest BCUT2D eigenvalue weighted by Gasteiger charge is 2.67. The Kier molecular flexibility index (Phi) is 9.08. The molecular weight excluding hydrogens is 512 g/mol. The van der Waals surface area contributed by atoms with E-state index in [0.29, 0.717) is 38.5 Å². The Morgan fingerprint density at radius 2 is 1.91 bits per heavy atom. The van der Waals surface area contributed by atoms with Crippen LogP contribution in [-0.4, -0.2) is 51.4 Å². The molecule has 0 spiro atoms. The number of esters is 1. The van der Waals surface area contributed by atoms with E-state index in [1.807, 2.05) is 13.8 Å². The lowest BCUT2D eigenvalue weighted by Crippen LogP contribution is -2.61. The maximum absolute atomic E-state index is 13.3. The lowest BCUT2D eigenvalue weighted by molar-refractivity contribution is -0.181. The smallest absolute Gasteiger partial charge is 0.306 e. The van der Waals surface area contributed by atoms with Gasteiger partial charge in [0, 0.05) is 23.6 Å². The maximum Gasteiger partial charge on any atom is 0.306 e. The minimum Gasteiger partial charge on any atom is -0.458 e. The number of hydrogen-bond donors (Lipinski definition) is 2. The molecule has 0 amide bonds. The number of aliphatic hydroxyl groups excluding tert-OH is 1. The molecule has 2 N–H and O–H groups in total. The van der Waals surface area contributed by atoms with Crippen molar-refractivity contribution in [1.82, 2.24) is 0 Å². The summed E-state index contributed by atoms with van der Waals surface area (Å²) in [6.07, 6.45) is 7.27. The van der Waals surface area contributed by atoms with Gasteiger partial charge in [-0.25, -0.2) is 0 Å². The summed E-state index contributed by atoms with van der Waals surface area (Å²) < 4.78 is 5.26. The van der Waals surface area contributed by atoms with Gasteiger partial charge in [-0.15, -0.1) is 0 Å². The van der Waals surface area contributed by atoms with Crippen LogP contribution in [0.4, 0.5) is 0 Å². The van der Waals surface area contributed by atoms with Gasteiger partial charge in [-0.05, 0) is 74.7 Å². The van der Waals surface area contributed by atoms with Crippen LogP contribution >= 0.6 is 15.9 Å². The van der Waals surface area contributed by atoms with Gasteiger partial charge in [0.15, 0.2) is 12.4 Å². The Labute approximate surface area is 218 Å². The minimum atomic E-state index is -1.62. The molecule has 3 aliphatic rings. The summed E-state index contributed by atoms with van der Waals surface area (Å²) in [6, 6.07) is 0. The summed E-state index contributed by atoms with van der Waals surface area (Å²) in [5.74, 6) is -0.580. The largest absolute Gasteiger partial charge is 0.458 e. The zero-order valence-electron chi connectivity index (χ0n) is 21.8. The fraction of sp³-hybridized carbons (Fsp3) is 0.821. The van der Waals surface area contributed by atoms with E-state index in [2.05, 4.69) is 29.8 Å². The van der Waals surface area contributed by atoms with E-state index in [1.165, 1.54) is 0 Å². The van der Waals surface area contributed by atoms with E-state index in [-0.39, 0.29) is 35.4 Å². The average molecular weight is 556 g/mol. The van der Waals surface area contributed by atoms with Crippen molar-refractivity contribution in [3.8, 4) is 0 Å². The van der Waals surface area contributed by atoms with E-state index in [1.54, 1.807) is 6.08 Å². The molecular formula is C28H43BrO6. The van der Waals surface area contributed by atoms with Crippen LogP contribution in [0.2, 0.25) is 0 Å². The molecule has 198 valence electrons. The molecule has 2 fully saturated rings. The van der Waals surface area contributed by atoms with Gasteiger partial charge in [0.2, 0.25) is 5.78 Å². The fourth-order valence-corrected chi connectivity index (χ4v) is 8.04. The lowest BCUT2D eigenvalue weighted by atomic mass is 9.48. The second-order valence-corrected chi connectivity index (χ2v) is 12.4. The van der Waals surface area contributed by atoms with E-state index in [0.717, 1.165) is 30.2 Å². The Morgan fingerprint density at radius 1 is 1.20 bits per heavy atom. The van der Waals surface area contributed by atoms with Crippen LogP contribution in [0.1, 0.15) is 91.9 Å². The first-order chi connectivity index (χ1) is 16.4. The first-order valence-corrected chi connectivity index (χ1v) is 14.4. The molecule has 6 nitrogen and oxygen atoms in total. The SMILES string of the molecule is CCC1C(C2(C)CCC(=O)C=C2C)C(O)CC2(C)C1CCC2(O)C(=O)COC(=O)CCCCCBr. The molecule has 3 aliphatic carbocycles. The zero-order valence-corrected chi connectivity index (χ0v) is 23.4. The van der Waals surface area contributed by atoms with Gasteiger partial charge in [0.05, 0.1) is 6.10 Å². The monoisotopic (exact) mass is 554 g/mol. The summed E-state index contributed by atoms with van der Waals surface area (Å²) in [6.45, 7) is 7.78. The van der Waals surface area contributed by atoms with Crippen LogP contribution in [0.3, 0.4) is 0 Å². The predicted octanol–water partition coefficient (Wildman–Crippen LogP) is 4.92. The molecule has 0 radical (unpaired) electrons. The third-order valence-corrected chi connectivity index (χ3v) is 10.4. The first kappa shape index (κ1) is 28.5. The Morgan fingerprint density at radius 3 is 2.54 bits per heavy atom. The summed E-state index contributed by atoms with van der Waals surface area (Å²) in [7, 11) is 0.